The molecule has 0 unspecified atom stereocenters. The number of amides is 2. The number of hydrogen-bond acceptors (Lipinski definition) is 4. The van der Waals surface area contributed by atoms with Gasteiger partial charge in [-0.2, -0.15) is 0 Å². The molecule has 2 aliphatic heterocycles. The quantitative estimate of drug-likeness (QED) is 0.859. The Morgan fingerprint density at radius 1 is 1.33 bits per heavy atom. The van der Waals surface area contributed by atoms with Crippen molar-refractivity contribution in [1.29, 1.82) is 0 Å². The van der Waals surface area contributed by atoms with Crippen LogP contribution < -0.4 is 10.6 Å². The van der Waals surface area contributed by atoms with Crippen LogP contribution in [0.4, 0.5) is 4.39 Å². The van der Waals surface area contributed by atoms with Crippen LogP contribution in [0.5, 0.6) is 0 Å². The molecule has 7 heteroatoms. The Kier molecular flexibility index (Phi) is 5.40. The van der Waals surface area contributed by atoms with Crippen molar-refractivity contribution in [2.24, 2.45) is 5.92 Å². The third-order valence-electron chi connectivity index (χ3n) is 4.70. The van der Waals surface area contributed by atoms with Crippen LogP contribution in [0.25, 0.3) is 0 Å². The van der Waals surface area contributed by atoms with Crippen LogP contribution in [-0.2, 0) is 4.79 Å². The molecule has 2 saturated heterocycles. The Bertz CT molecular complexity index is 604. The summed E-state index contributed by atoms with van der Waals surface area (Å²) in [6.07, 6.45) is 6.25. The normalized spacial score (nSPS) is 24.0. The summed E-state index contributed by atoms with van der Waals surface area (Å²) >= 11 is 0. The highest BCUT2D eigenvalue weighted by Crippen LogP contribution is 2.18. The third kappa shape index (κ3) is 4.08. The van der Waals surface area contributed by atoms with Gasteiger partial charge in [-0.15, -0.1) is 0 Å². The summed E-state index contributed by atoms with van der Waals surface area (Å²) in [4.78, 5) is 30.0. The van der Waals surface area contributed by atoms with Gasteiger partial charge >= 0.3 is 0 Å². The van der Waals surface area contributed by atoms with Crippen LogP contribution in [0.3, 0.4) is 0 Å². The van der Waals surface area contributed by atoms with Crippen molar-refractivity contribution >= 4 is 11.8 Å². The van der Waals surface area contributed by atoms with Gasteiger partial charge in [0.25, 0.3) is 5.91 Å². The minimum Gasteiger partial charge on any atom is -0.354 e. The first-order chi connectivity index (χ1) is 11.6. The van der Waals surface area contributed by atoms with Gasteiger partial charge in [0.05, 0.1) is 17.8 Å². The topological polar surface area (TPSA) is 74.3 Å². The molecule has 0 bridgehead atoms. The molecule has 3 rings (SSSR count). The van der Waals surface area contributed by atoms with E-state index >= 15 is 0 Å². The molecule has 1 aromatic heterocycles. The fraction of sp³-hybridized carbons (Fsp3) is 0.588. The van der Waals surface area contributed by atoms with E-state index in [-0.39, 0.29) is 29.3 Å². The summed E-state index contributed by atoms with van der Waals surface area (Å²) < 4.78 is 13.2. The Morgan fingerprint density at radius 3 is 2.96 bits per heavy atom. The minimum atomic E-state index is -0.509. The first-order valence-corrected chi connectivity index (χ1v) is 8.54. The van der Waals surface area contributed by atoms with Gasteiger partial charge in [-0.3, -0.25) is 14.6 Å². The molecule has 0 spiro atoms. The fourth-order valence-electron chi connectivity index (χ4n) is 3.40. The van der Waals surface area contributed by atoms with Gasteiger partial charge < -0.3 is 15.5 Å². The van der Waals surface area contributed by atoms with E-state index in [1.54, 1.807) is 4.90 Å². The second-order valence-corrected chi connectivity index (χ2v) is 6.55. The number of carbonyl (C=O) groups excluding carboxylic acids is 2. The molecule has 0 radical (unpaired) electrons. The van der Waals surface area contributed by atoms with Gasteiger partial charge in [0, 0.05) is 25.8 Å². The summed E-state index contributed by atoms with van der Waals surface area (Å²) in [6.45, 7) is 2.70. The van der Waals surface area contributed by atoms with Crippen LogP contribution >= 0.6 is 0 Å². The number of nitrogens with zero attached hydrogens (tertiary/aromatic N) is 2. The van der Waals surface area contributed by atoms with Gasteiger partial charge in [-0.25, -0.2) is 4.39 Å². The van der Waals surface area contributed by atoms with E-state index in [1.807, 2.05) is 0 Å². The molecule has 2 fully saturated rings. The Morgan fingerprint density at radius 2 is 2.21 bits per heavy atom. The lowest BCUT2D eigenvalue weighted by Crippen LogP contribution is -2.46. The highest BCUT2D eigenvalue weighted by Gasteiger charge is 2.27. The maximum atomic E-state index is 13.2. The number of halogens is 1. The largest absolute Gasteiger partial charge is 0.354 e. The lowest BCUT2D eigenvalue weighted by Gasteiger charge is -2.33. The number of hydrogen-bond donors (Lipinski definition) is 2. The summed E-state index contributed by atoms with van der Waals surface area (Å²) in [6, 6.07) is 1.14. The van der Waals surface area contributed by atoms with E-state index in [4.69, 9.17) is 0 Å². The number of aromatic nitrogens is 1. The Hall–Kier alpha value is -2.02. The second-order valence-electron chi connectivity index (χ2n) is 6.55. The molecule has 2 atom stereocenters. The van der Waals surface area contributed by atoms with Crippen molar-refractivity contribution in [1.82, 2.24) is 20.5 Å². The zero-order valence-corrected chi connectivity index (χ0v) is 13.6. The third-order valence-corrected chi connectivity index (χ3v) is 4.70. The number of likely N-dealkylation sites (tertiary alicyclic amines) is 1. The Labute approximate surface area is 140 Å². The maximum Gasteiger partial charge on any atom is 0.255 e. The standard InChI is InChI=1S/C17H23FN4O2/c18-14-7-13(9-19-10-14)17(24)22-6-2-3-12(11-22)8-21-16(23)15-4-1-5-20-15/h7,9-10,12,15,20H,1-6,8,11H2,(H,21,23)/t12-,15+/m1/s1. The zero-order valence-electron chi connectivity index (χ0n) is 13.6. The summed E-state index contributed by atoms with van der Waals surface area (Å²) in [5.74, 6) is -0.430. The molecule has 0 saturated carbocycles. The van der Waals surface area contributed by atoms with Gasteiger partial charge in [-0.1, -0.05) is 0 Å². The molecule has 0 aliphatic carbocycles. The van der Waals surface area contributed by atoms with Crippen LogP contribution in [-0.4, -0.2) is 53.9 Å². The molecular weight excluding hydrogens is 311 g/mol. The molecule has 2 aliphatic rings. The first kappa shape index (κ1) is 16.8. The van der Waals surface area contributed by atoms with Crippen molar-refractivity contribution < 1.29 is 14.0 Å². The van der Waals surface area contributed by atoms with Gasteiger partial charge in [0.15, 0.2) is 0 Å². The maximum absolute atomic E-state index is 13.2. The first-order valence-electron chi connectivity index (χ1n) is 8.54. The van der Waals surface area contributed by atoms with E-state index in [0.29, 0.717) is 19.6 Å². The summed E-state index contributed by atoms with van der Waals surface area (Å²) in [7, 11) is 0. The molecule has 0 aromatic carbocycles. The molecule has 2 N–H and O–H groups in total. The predicted molar refractivity (Wildman–Crippen MR) is 86.9 cm³/mol. The van der Waals surface area contributed by atoms with Crippen molar-refractivity contribution in [3.05, 3.63) is 29.8 Å². The van der Waals surface area contributed by atoms with Crippen LogP contribution in [0.15, 0.2) is 18.5 Å². The second kappa shape index (κ2) is 7.70. The highest BCUT2D eigenvalue weighted by atomic mass is 19.1. The molecule has 1 aromatic rings. The summed E-state index contributed by atoms with van der Waals surface area (Å²) in [5, 5.41) is 6.17. The van der Waals surface area contributed by atoms with Crippen LogP contribution in [0.2, 0.25) is 0 Å². The highest BCUT2D eigenvalue weighted by molar-refractivity contribution is 5.94. The molecule has 24 heavy (non-hydrogen) atoms. The average Bonchev–Trinajstić information content (AvgIpc) is 3.14. The molecule has 2 amide bonds. The van der Waals surface area contributed by atoms with E-state index in [9.17, 15) is 14.0 Å². The lowest BCUT2D eigenvalue weighted by atomic mass is 9.97. The molecule has 130 valence electrons. The van der Waals surface area contributed by atoms with Gasteiger partial charge in [0.2, 0.25) is 5.91 Å². The van der Waals surface area contributed by atoms with Crippen molar-refractivity contribution in [2.75, 3.05) is 26.2 Å². The lowest BCUT2D eigenvalue weighted by molar-refractivity contribution is -0.123. The zero-order chi connectivity index (χ0) is 16.9. The number of carbonyl (C=O) groups is 2. The number of rotatable bonds is 4. The van der Waals surface area contributed by atoms with E-state index < -0.39 is 5.82 Å². The van der Waals surface area contributed by atoms with Crippen molar-refractivity contribution in [3.8, 4) is 0 Å². The van der Waals surface area contributed by atoms with E-state index in [2.05, 4.69) is 15.6 Å². The Balaban J connectivity index is 1.52. The van der Waals surface area contributed by atoms with Crippen LogP contribution in [0.1, 0.15) is 36.0 Å². The average molecular weight is 334 g/mol. The van der Waals surface area contributed by atoms with Gasteiger partial charge in [-0.05, 0) is 44.2 Å². The minimum absolute atomic E-state index is 0.0466. The molecular formula is C17H23FN4O2. The number of piperidine rings is 1. The number of pyridine rings is 1. The van der Waals surface area contributed by atoms with E-state index in [0.717, 1.165) is 38.4 Å². The smallest absolute Gasteiger partial charge is 0.255 e. The summed E-state index contributed by atoms with van der Waals surface area (Å²) in [5.41, 5.74) is 0.273. The predicted octanol–water partition coefficient (Wildman–Crippen LogP) is 0.941. The van der Waals surface area contributed by atoms with E-state index in [1.165, 1.54) is 12.3 Å². The fourth-order valence-corrected chi connectivity index (χ4v) is 3.40. The number of nitrogens with one attached hydrogen (secondary N) is 2. The van der Waals surface area contributed by atoms with Crippen LogP contribution in [0, 0.1) is 11.7 Å². The molecule has 6 nitrogen and oxygen atoms in total. The molecule has 3 heterocycles. The van der Waals surface area contributed by atoms with Gasteiger partial charge in [0.1, 0.15) is 5.82 Å². The monoisotopic (exact) mass is 334 g/mol. The van der Waals surface area contributed by atoms with Crippen molar-refractivity contribution in [3.63, 3.8) is 0 Å². The SMILES string of the molecule is O=C(NC[C@H]1CCCN(C(=O)c2cncc(F)c2)C1)[C@@H]1CCCN1. The van der Waals surface area contributed by atoms with Crippen molar-refractivity contribution in [2.45, 2.75) is 31.7 Å².